The van der Waals surface area contributed by atoms with Crippen LogP contribution in [0.4, 0.5) is 0 Å². The van der Waals surface area contributed by atoms with E-state index in [0.29, 0.717) is 5.41 Å². The number of nitrogens with zero attached hydrogens (tertiary/aromatic N) is 1. The summed E-state index contributed by atoms with van der Waals surface area (Å²) in [5, 5.41) is 0.786. The van der Waals surface area contributed by atoms with Crippen molar-refractivity contribution in [3.63, 3.8) is 0 Å². The van der Waals surface area contributed by atoms with Gasteiger partial charge in [-0.3, -0.25) is 0 Å². The Balaban J connectivity index is 1.87. The second-order valence-electron chi connectivity index (χ2n) is 6.46. The van der Waals surface area contributed by atoms with Crippen molar-refractivity contribution < 1.29 is 0 Å². The van der Waals surface area contributed by atoms with Crippen LogP contribution in [0.25, 0.3) is 0 Å². The molecule has 0 radical (unpaired) electrons. The van der Waals surface area contributed by atoms with Crippen molar-refractivity contribution in [2.75, 3.05) is 19.6 Å². The summed E-state index contributed by atoms with van der Waals surface area (Å²) < 4.78 is 0. The Morgan fingerprint density at radius 1 is 1.37 bits per heavy atom. The lowest BCUT2D eigenvalue weighted by atomic mass is 9.84. The minimum absolute atomic E-state index is 0.0405. The Kier molecular flexibility index (Phi) is 4.88. The maximum absolute atomic E-state index is 6.27. The molecular formula is C16H25ClN2. The fraction of sp³-hybridized carbons (Fsp3) is 0.625. The lowest BCUT2D eigenvalue weighted by Gasteiger charge is -2.38. The number of hydrogen-bond donors (Lipinski definition) is 1. The molecule has 1 unspecified atom stereocenters. The fourth-order valence-corrected chi connectivity index (χ4v) is 3.26. The number of likely N-dealkylation sites (tertiary alicyclic amines) is 1. The maximum Gasteiger partial charge on any atom is 0.0453 e. The number of halogens is 1. The Bertz CT molecular complexity index is 417. The van der Waals surface area contributed by atoms with Gasteiger partial charge in [0.1, 0.15) is 0 Å². The summed E-state index contributed by atoms with van der Waals surface area (Å²) in [6, 6.07) is 7.95. The highest BCUT2D eigenvalue weighted by Crippen LogP contribution is 2.29. The van der Waals surface area contributed by atoms with Crippen LogP contribution in [0.5, 0.6) is 0 Å². The quantitative estimate of drug-likeness (QED) is 0.908. The maximum atomic E-state index is 6.27. The van der Waals surface area contributed by atoms with Crippen LogP contribution in [0.2, 0.25) is 5.02 Å². The summed E-state index contributed by atoms with van der Waals surface area (Å²) in [4.78, 5) is 2.54. The van der Waals surface area contributed by atoms with Gasteiger partial charge in [0.25, 0.3) is 0 Å². The molecule has 0 spiro atoms. The van der Waals surface area contributed by atoms with Crippen molar-refractivity contribution in [1.82, 2.24) is 4.90 Å². The smallest absolute Gasteiger partial charge is 0.0453 e. The van der Waals surface area contributed by atoms with Crippen molar-refractivity contribution in [3.05, 3.63) is 34.9 Å². The molecule has 0 bridgehead atoms. The summed E-state index contributed by atoms with van der Waals surface area (Å²) in [5.41, 5.74) is 7.79. The van der Waals surface area contributed by atoms with Gasteiger partial charge in [-0.05, 0) is 49.4 Å². The molecule has 1 aliphatic heterocycles. The van der Waals surface area contributed by atoms with Gasteiger partial charge in [0.2, 0.25) is 0 Å². The molecule has 2 nitrogen and oxygen atoms in total. The van der Waals surface area contributed by atoms with Crippen LogP contribution in [-0.4, -0.2) is 24.5 Å². The van der Waals surface area contributed by atoms with Crippen LogP contribution in [0.15, 0.2) is 24.3 Å². The summed E-state index contributed by atoms with van der Waals surface area (Å²) in [5.74, 6) is 0. The van der Waals surface area contributed by atoms with E-state index in [1.807, 2.05) is 24.3 Å². The molecule has 0 saturated carbocycles. The molecule has 1 fully saturated rings. The monoisotopic (exact) mass is 280 g/mol. The van der Waals surface area contributed by atoms with Gasteiger partial charge in [-0.1, -0.05) is 43.6 Å². The van der Waals surface area contributed by atoms with Gasteiger partial charge in [0, 0.05) is 17.6 Å². The zero-order valence-corrected chi connectivity index (χ0v) is 12.8. The topological polar surface area (TPSA) is 29.3 Å². The first-order valence-corrected chi connectivity index (χ1v) is 7.58. The second-order valence-corrected chi connectivity index (χ2v) is 6.87. The van der Waals surface area contributed by atoms with Crippen molar-refractivity contribution in [2.45, 2.75) is 39.2 Å². The van der Waals surface area contributed by atoms with Gasteiger partial charge in [-0.15, -0.1) is 0 Å². The first-order chi connectivity index (χ1) is 8.98. The molecule has 3 heteroatoms. The first kappa shape index (κ1) is 14.8. The normalized spacial score (nSPS) is 21.3. The van der Waals surface area contributed by atoms with E-state index < -0.39 is 0 Å². The summed E-state index contributed by atoms with van der Waals surface area (Å²) in [6.45, 7) is 8.16. The van der Waals surface area contributed by atoms with Crippen molar-refractivity contribution in [3.8, 4) is 0 Å². The third-order valence-corrected chi connectivity index (χ3v) is 4.38. The minimum Gasteiger partial charge on any atom is -0.324 e. The van der Waals surface area contributed by atoms with Crippen molar-refractivity contribution in [2.24, 2.45) is 11.1 Å². The molecule has 1 atom stereocenters. The van der Waals surface area contributed by atoms with Crippen LogP contribution >= 0.6 is 11.6 Å². The van der Waals surface area contributed by atoms with Gasteiger partial charge < -0.3 is 10.6 Å². The molecular weight excluding hydrogens is 256 g/mol. The van der Waals surface area contributed by atoms with Gasteiger partial charge in [-0.25, -0.2) is 0 Å². The highest BCUT2D eigenvalue weighted by Gasteiger charge is 2.26. The Hall–Kier alpha value is -0.570. The average molecular weight is 281 g/mol. The lowest BCUT2D eigenvalue weighted by molar-refractivity contribution is 0.115. The predicted molar refractivity (Wildman–Crippen MR) is 82.5 cm³/mol. The Labute approximate surface area is 121 Å². The lowest BCUT2D eigenvalue weighted by Crippen LogP contribution is -2.41. The van der Waals surface area contributed by atoms with E-state index in [0.717, 1.165) is 23.6 Å². The summed E-state index contributed by atoms with van der Waals surface area (Å²) in [7, 11) is 0. The molecule has 0 aromatic heterocycles. The van der Waals surface area contributed by atoms with Crippen LogP contribution in [0.1, 0.15) is 44.7 Å². The molecule has 2 N–H and O–H groups in total. The van der Waals surface area contributed by atoms with Crippen LogP contribution in [-0.2, 0) is 0 Å². The number of piperidine rings is 1. The van der Waals surface area contributed by atoms with E-state index >= 15 is 0 Å². The van der Waals surface area contributed by atoms with E-state index in [9.17, 15) is 0 Å². The standard InChI is InChI=1S/C16H25ClN2/c1-16(2)9-5-10-19(12-16)11-8-15(18)13-6-3-4-7-14(13)17/h3-4,6-7,15H,5,8-12,18H2,1-2H3. The Morgan fingerprint density at radius 3 is 2.79 bits per heavy atom. The molecule has 0 aliphatic carbocycles. The van der Waals surface area contributed by atoms with E-state index in [-0.39, 0.29) is 6.04 Å². The molecule has 1 aliphatic rings. The van der Waals surface area contributed by atoms with Crippen molar-refractivity contribution >= 4 is 11.6 Å². The van der Waals surface area contributed by atoms with Crippen LogP contribution in [0.3, 0.4) is 0 Å². The molecule has 1 heterocycles. The van der Waals surface area contributed by atoms with Crippen LogP contribution in [0, 0.1) is 5.41 Å². The zero-order valence-electron chi connectivity index (χ0n) is 12.0. The molecule has 19 heavy (non-hydrogen) atoms. The number of nitrogens with two attached hydrogens (primary N) is 1. The van der Waals surface area contributed by atoms with Gasteiger partial charge in [0.15, 0.2) is 0 Å². The number of hydrogen-bond acceptors (Lipinski definition) is 2. The second kappa shape index (κ2) is 6.25. The Morgan fingerprint density at radius 2 is 2.11 bits per heavy atom. The molecule has 0 amide bonds. The predicted octanol–water partition coefficient (Wildman–Crippen LogP) is 3.85. The molecule has 1 aromatic carbocycles. The van der Waals surface area contributed by atoms with Gasteiger partial charge >= 0.3 is 0 Å². The van der Waals surface area contributed by atoms with Gasteiger partial charge in [0.05, 0.1) is 0 Å². The average Bonchev–Trinajstić information content (AvgIpc) is 2.35. The van der Waals surface area contributed by atoms with E-state index in [1.165, 1.54) is 25.9 Å². The SMILES string of the molecule is CC1(C)CCCN(CCC(N)c2ccccc2Cl)C1. The van der Waals surface area contributed by atoms with E-state index in [4.69, 9.17) is 17.3 Å². The highest BCUT2D eigenvalue weighted by atomic mass is 35.5. The van der Waals surface area contributed by atoms with E-state index in [1.54, 1.807) is 0 Å². The third-order valence-electron chi connectivity index (χ3n) is 4.04. The summed E-state index contributed by atoms with van der Waals surface area (Å²) >= 11 is 6.19. The fourth-order valence-electron chi connectivity index (χ4n) is 2.99. The largest absolute Gasteiger partial charge is 0.324 e. The third kappa shape index (κ3) is 4.20. The molecule has 1 saturated heterocycles. The van der Waals surface area contributed by atoms with Crippen LogP contribution < -0.4 is 5.73 Å². The molecule has 2 rings (SSSR count). The molecule has 106 valence electrons. The highest BCUT2D eigenvalue weighted by molar-refractivity contribution is 6.31. The zero-order chi connectivity index (χ0) is 13.9. The summed E-state index contributed by atoms with van der Waals surface area (Å²) in [6.07, 6.45) is 3.61. The molecule has 1 aromatic rings. The number of benzene rings is 1. The minimum atomic E-state index is 0.0405. The van der Waals surface area contributed by atoms with Crippen molar-refractivity contribution in [1.29, 1.82) is 0 Å². The first-order valence-electron chi connectivity index (χ1n) is 7.20. The van der Waals surface area contributed by atoms with E-state index in [2.05, 4.69) is 18.7 Å². The van der Waals surface area contributed by atoms with Gasteiger partial charge in [-0.2, -0.15) is 0 Å². The number of rotatable bonds is 4.